The number of rotatable bonds is 7. The summed E-state index contributed by atoms with van der Waals surface area (Å²) in [7, 11) is 3.22. The Hall–Kier alpha value is -3.32. The van der Waals surface area contributed by atoms with E-state index in [-0.39, 0.29) is 18.7 Å². The quantitative estimate of drug-likeness (QED) is 0.490. The average Bonchev–Trinajstić information content (AvgIpc) is 3.50. The molecule has 33 heavy (non-hydrogen) atoms. The van der Waals surface area contributed by atoms with Crippen LogP contribution in [0.3, 0.4) is 0 Å². The van der Waals surface area contributed by atoms with E-state index >= 15 is 0 Å². The minimum atomic E-state index is -0.311. The van der Waals surface area contributed by atoms with Crippen molar-refractivity contribution < 1.29 is 23.7 Å². The molecule has 3 aromatic rings. The predicted octanol–water partition coefficient (Wildman–Crippen LogP) is 4.59. The van der Waals surface area contributed by atoms with Crippen molar-refractivity contribution in [3.8, 4) is 22.6 Å². The van der Waals surface area contributed by atoms with Gasteiger partial charge in [-0.1, -0.05) is 0 Å². The summed E-state index contributed by atoms with van der Waals surface area (Å²) >= 11 is 0. The first-order valence-electron chi connectivity index (χ1n) is 11.3. The molecule has 7 heteroatoms. The summed E-state index contributed by atoms with van der Waals surface area (Å²) in [5, 5.41) is 1.85. The van der Waals surface area contributed by atoms with Crippen molar-refractivity contribution in [2.75, 3.05) is 38.8 Å². The van der Waals surface area contributed by atoms with Crippen LogP contribution < -0.4 is 14.4 Å². The van der Waals surface area contributed by atoms with Gasteiger partial charge in [0.15, 0.2) is 11.5 Å². The van der Waals surface area contributed by atoms with Crippen LogP contribution in [0.5, 0.6) is 11.5 Å². The highest BCUT2D eigenvalue weighted by Gasteiger charge is 2.28. The summed E-state index contributed by atoms with van der Waals surface area (Å²) in [6.07, 6.45) is 4.30. The number of ether oxygens (including phenoxy) is 4. The number of benzene rings is 2. The van der Waals surface area contributed by atoms with Crippen LogP contribution in [0.1, 0.15) is 35.7 Å². The van der Waals surface area contributed by atoms with Gasteiger partial charge in [-0.2, -0.15) is 0 Å². The number of carbonyl (C=O) groups excluding carboxylic acids is 1. The number of methoxy groups -OCH3 is 2. The second-order valence-corrected chi connectivity index (χ2v) is 8.37. The van der Waals surface area contributed by atoms with Crippen LogP contribution in [0.4, 0.5) is 5.82 Å². The number of carbonyl (C=O) groups is 1. The van der Waals surface area contributed by atoms with E-state index in [4.69, 9.17) is 23.9 Å². The Morgan fingerprint density at radius 2 is 1.94 bits per heavy atom. The smallest absolute Gasteiger partial charge is 0.339 e. The van der Waals surface area contributed by atoms with Crippen molar-refractivity contribution in [1.29, 1.82) is 0 Å². The number of anilines is 1. The largest absolute Gasteiger partial charge is 0.493 e. The fraction of sp³-hybridized carbons (Fsp3) is 0.385. The third kappa shape index (κ3) is 3.86. The Balaban J connectivity index is 1.60. The topological polar surface area (TPSA) is 70.1 Å². The third-order valence-electron chi connectivity index (χ3n) is 6.48. The van der Waals surface area contributed by atoms with Gasteiger partial charge in [-0.25, -0.2) is 9.78 Å². The molecule has 0 saturated carbocycles. The number of aromatic nitrogens is 1. The van der Waals surface area contributed by atoms with Crippen LogP contribution in [0.25, 0.3) is 21.9 Å². The lowest BCUT2D eigenvalue weighted by Crippen LogP contribution is -2.32. The molecule has 0 bridgehead atoms. The molecule has 5 rings (SSSR count). The van der Waals surface area contributed by atoms with Gasteiger partial charge in [-0.15, -0.1) is 0 Å². The number of pyridine rings is 1. The molecule has 2 aromatic carbocycles. The highest BCUT2D eigenvalue weighted by atomic mass is 16.5. The minimum absolute atomic E-state index is 0.255. The van der Waals surface area contributed by atoms with Crippen LogP contribution in [0.15, 0.2) is 36.5 Å². The molecule has 0 N–H and O–H groups in total. The molecule has 1 saturated heterocycles. The maximum Gasteiger partial charge on any atom is 0.339 e. The summed E-state index contributed by atoms with van der Waals surface area (Å²) in [6, 6.07) is 9.88. The van der Waals surface area contributed by atoms with Gasteiger partial charge >= 0.3 is 5.97 Å². The van der Waals surface area contributed by atoms with Gasteiger partial charge in [0.2, 0.25) is 0 Å². The Labute approximate surface area is 193 Å². The van der Waals surface area contributed by atoms with Crippen molar-refractivity contribution in [3.63, 3.8) is 0 Å². The van der Waals surface area contributed by atoms with E-state index < -0.39 is 0 Å². The fourth-order valence-corrected chi connectivity index (χ4v) is 4.79. The maximum atomic E-state index is 12.7. The first kappa shape index (κ1) is 21.5. The molecule has 0 amide bonds. The van der Waals surface area contributed by atoms with Crippen molar-refractivity contribution in [2.24, 2.45) is 0 Å². The normalized spacial score (nSPS) is 17.2. The van der Waals surface area contributed by atoms with Crippen LogP contribution in [0.2, 0.25) is 0 Å². The highest BCUT2D eigenvalue weighted by Crippen LogP contribution is 2.42. The van der Waals surface area contributed by atoms with Gasteiger partial charge in [-0.05, 0) is 60.9 Å². The first-order chi connectivity index (χ1) is 16.1. The molecule has 7 nitrogen and oxygen atoms in total. The second-order valence-electron chi connectivity index (χ2n) is 8.37. The van der Waals surface area contributed by atoms with E-state index in [0.717, 1.165) is 65.8 Å². The van der Waals surface area contributed by atoms with Crippen molar-refractivity contribution in [2.45, 2.75) is 32.5 Å². The molecule has 2 aliphatic rings. The van der Waals surface area contributed by atoms with Gasteiger partial charge in [-0.3, -0.25) is 0 Å². The molecule has 1 unspecified atom stereocenters. The van der Waals surface area contributed by atoms with E-state index in [9.17, 15) is 4.79 Å². The highest BCUT2D eigenvalue weighted by molar-refractivity contribution is 6.11. The van der Waals surface area contributed by atoms with Crippen LogP contribution in [-0.4, -0.2) is 51.0 Å². The monoisotopic (exact) mass is 448 g/mol. The number of fused-ring (bicyclic) bond motifs is 2. The number of hydrogen-bond donors (Lipinski definition) is 0. The standard InChI is InChI=1S/C26H28N2O5/c1-4-28(14-19-6-5-9-32-19)23-8-7-16(13-27-23)24-20-12-22(31-3)21(30-2)11-17(20)10-18-15-33-26(29)25(18)24/h7-8,10-13,19H,4-6,9,14-15H2,1-3H3. The fourth-order valence-electron chi connectivity index (χ4n) is 4.79. The zero-order chi connectivity index (χ0) is 22.9. The summed E-state index contributed by atoms with van der Waals surface area (Å²) in [5.74, 6) is 1.84. The lowest BCUT2D eigenvalue weighted by Gasteiger charge is -2.25. The Bertz CT molecular complexity index is 1190. The SMILES string of the molecule is CCN(CC1CCCO1)c1ccc(-c2c3c(cc4cc(OC)c(OC)cc24)COC3=O)cn1. The molecule has 2 aliphatic heterocycles. The Morgan fingerprint density at radius 1 is 1.12 bits per heavy atom. The summed E-state index contributed by atoms with van der Waals surface area (Å²) in [5.41, 5.74) is 3.13. The summed E-state index contributed by atoms with van der Waals surface area (Å²) < 4.78 is 22.2. The number of hydrogen-bond acceptors (Lipinski definition) is 7. The lowest BCUT2D eigenvalue weighted by molar-refractivity contribution is 0.0535. The van der Waals surface area contributed by atoms with Gasteiger partial charge in [0.05, 0.1) is 25.9 Å². The molecule has 0 spiro atoms. The van der Waals surface area contributed by atoms with E-state index in [1.54, 1.807) is 14.2 Å². The Morgan fingerprint density at radius 3 is 2.61 bits per heavy atom. The zero-order valence-corrected chi connectivity index (χ0v) is 19.2. The molecule has 3 heterocycles. The molecule has 1 fully saturated rings. The zero-order valence-electron chi connectivity index (χ0n) is 19.2. The molecule has 1 aromatic heterocycles. The third-order valence-corrected chi connectivity index (χ3v) is 6.48. The predicted molar refractivity (Wildman–Crippen MR) is 126 cm³/mol. The van der Waals surface area contributed by atoms with Crippen molar-refractivity contribution >= 4 is 22.6 Å². The molecular formula is C26H28N2O5. The van der Waals surface area contributed by atoms with E-state index in [1.165, 1.54) is 0 Å². The Kier molecular flexibility index (Phi) is 5.81. The molecular weight excluding hydrogens is 420 g/mol. The molecule has 172 valence electrons. The van der Waals surface area contributed by atoms with Crippen LogP contribution in [0, 0.1) is 0 Å². The number of likely N-dealkylation sites (N-methyl/N-ethyl adjacent to an activating group) is 1. The van der Waals surface area contributed by atoms with Crippen LogP contribution >= 0.6 is 0 Å². The number of nitrogens with zero attached hydrogens (tertiary/aromatic N) is 2. The molecule has 0 aliphatic carbocycles. The summed E-state index contributed by atoms with van der Waals surface area (Å²) in [4.78, 5) is 19.7. The van der Waals surface area contributed by atoms with E-state index in [2.05, 4.69) is 11.8 Å². The van der Waals surface area contributed by atoms with Gasteiger partial charge < -0.3 is 23.8 Å². The van der Waals surface area contributed by atoms with E-state index in [1.807, 2.05) is 36.5 Å². The first-order valence-corrected chi connectivity index (χ1v) is 11.3. The average molecular weight is 449 g/mol. The minimum Gasteiger partial charge on any atom is -0.493 e. The molecule has 0 radical (unpaired) electrons. The van der Waals surface area contributed by atoms with Gasteiger partial charge in [0.1, 0.15) is 12.4 Å². The van der Waals surface area contributed by atoms with Crippen molar-refractivity contribution in [3.05, 3.63) is 47.7 Å². The number of esters is 1. The summed E-state index contributed by atoms with van der Waals surface area (Å²) in [6.45, 7) is 4.90. The maximum absolute atomic E-state index is 12.7. The number of cyclic esters (lactones) is 1. The van der Waals surface area contributed by atoms with E-state index in [0.29, 0.717) is 17.1 Å². The van der Waals surface area contributed by atoms with Crippen LogP contribution in [-0.2, 0) is 16.1 Å². The van der Waals surface area contributed by atoms with Gasteiger partial charge in [0, 0.05) is 42.6 Å². The second kappa shape index (κ2) is 8.90. The van der Waals surface area contributed by atoms with Gasteiger partial charge in [0.25, 0.3) is 0 Å². The molecule has 1 atom stereocenters. The lowest BCUT2D eigenvalue weighted by atomic mass is 9.91. The van der Waals surface area contributed by atoms with Crippen molar-refractivity contribution in [1.82, 2.24) is 4.98 Å².